The highest BCUT2D eigenvalue weighted by Crippen LogP contribution is 2.45. The number of unbranched alkanes of at least 4 members (excludes halogenated alkanes) is 6. The highest BCUT2D eigenvalue weighted by Gasteiger charge is 2.50. The van der Waals surface area contributed by atoms with Crippen LogP contribution in [0.25, 0.3) is 0 Å². The fraction of sp³-hybridized carbons (Fsp3) is 0.422. The average molecular weight is 685 g/mol. The van der Waals surface area contributed by atoms with Crippen molar-refractivity contribution in [2.45, 2.75) is 68.6 Å². The normalized spacial score (nSPS) is 18.6. The lowest BCUT2D eigenvalue weighted by Crippen LogP contribution is -2.49. The number of benzene rings is 4. The molecule has 0 bridgehead atoms. The average Bonchev–Trinajstić information content (AvgIpc) is 3.84. The maximum absolute atomic E-state index is 13.4. The molecule has 0 spiro atoms. The number of rotatable bonds is 18. The van der Waals surface area contributed by atoms with E-state index < -0.39 is 10.8 Å². The summed E-state index contributed by atoms with van der Waals surface area (Å²) in [6.45, 7) is 5.94. The first-order valence-corrected chi connectivity index (χ1v) is 19.2. The Morgan fingerprint density at radius 1 is 0.471 bits per heavy atom. The van der Waals surface area contributed by atoms with Crippen LogP contribution in [-0.2, 0) is 20.4 Å². The summed E-state index contributed by atoms with van der Waals surface area (Å²) in [5.74, 6) is -0.215. The molecule has 6 rings (SSSR count). The SMILES string of the molecule is NC(=O)C(c1ccccc1)(c1ccccc1)C1CCN(CCCCCCCCCN2CCC(C(C(N)=O)(c3ccccc3)c3ccccc3)C2)C1. The first kappa shape index (κ1) is 36.5. The fourth-order valence-corrected chi connectivity index (χ4v) is 9.38. The molecule has 2 amide bonds. The molecule has 51 heavy (non-hydrogen) atoms. The third-order valence-electron chi connectivity index (χ3n) is 11.9. The third-order valence-corrected chi connectivity index (χ3v) is 11.9. The van der Waals surface area contributed by atoms with Gasteiger partial charge in [0.15, 0.2) is 0 Å². The van der Waals surface area contributed by atoms with E-state index >= 15 is 0 Å². The minimum Gasteiger partial charge on any atom is -0.369 e. The molecule has 2 fully saturated rings. The Hall–Kier alpha value is -4.26. The lowest BCUT2D eigenvalue weighted by atomic mass is 9.64. The Balaban J connectivity index is 0.922. The molecule has 0 aliphatic carbocycles. The quantitative estimate of drug-likeness (QED) is 0.108. The summed E-state index contributed by atoms with van der Waals surface area (Å²) in [5, 5.41) is 0. The van der Waals surface area contributed by atoms with Gasteiger partial charge in [-0.15, -0.1) is 0 Å². The molecule has 2 aliphatic rings. The van der Waals surface area contributed by atoms with Crippen molar-refractivity contribution >= 4 is 11.8 Å². The van der Waals surface area contributed by atoms with Crippen LogP contribution in [0, 0.1) is 11.8 Å². The van der Waals surface area contributed by atoms with Crippen LogP contribution in [0.2, 0.25) is 0 Å². The van der Waals surface area contributed by atoms with Crippen molar-refractivity contribution in [2.24, 2.45) is 23.3 Å². The van der Waals surface area contributed by atoms with E-state index in [1.807, 2.05) is 72.8 Å². The molecule has 2 unspecified atom stereocenters. The van der Waals surface area contributed by atoms with Gasteiger partial charge in [0.25, 0.3) is 0 Å². The van der Waals surface area contributed by atoms with Gasteiger partial charge in [-0.25, -0.2) is 0 Å². The molecule has 4 aromatic carbocycles. The Kier molecular flexibility index (Phi) is 12.4. The van der Waals surface area contributed by atoms with Crippen LogP contribution in [0.3, 0.4) is 0 Å². The minimum atomic E-state index is -0.817. The lowest BCUT2D eigenvalue weighted by molar-refractivity contribution is -0.124. The number of likely N-dealkylation sites (tertiary alicyclic amines) is 2. The first-order chi connectivity index (χ1) is 25.0. The van der Waals surface area contributed by atoms with Gasteiger partial charge in [0.2, 0.25) is 11.8 Å². The van der Waals surface area contributed by atoms with Crippen LogP contribution >= 0.6 is 0 Å². The maximum atomic E-state index is 13.4. The summed E-state index contributed by atoms with van der Waals surface area (Å²) in [6.07, 6.45) is 10.6. The molecule has 4 aromatic rings. The van der Waals surface area contributed by atoms with Gasteiger partial charge in [-0.3, -0.25) is 9.59 Å². The molecule has 0 aromatic heterocycles. The molecule has 2 atom stereocenters. The standard InChI is InChI=1S/C45H56N4O2/c46-42(50)44(36-20-10-6-11-21-36,37-22-12-7-13-23-37)40-28-32-48(34-40)30-18-4-2-1-3-5-19-31-49-33-29-41(35-49)45(43(47)51,38-24-14-8-15-25-38)39-26-16-9-17-27-39/h6-17,20-27,40-41H,1-5,18-19,28-35H2,(H2,46,50)(H2,47,51). The molecular weight excluding hydrogens is 629 g/mol. The first-order valence-electron chi connectivity index (χ1n) is 19.2. The van der Waals surface area contributed by atoms with E-state index in [9.17, 15) is 9.59 Å². The summed E-state index contributed by atoms with van der Waals surface area (Å²) in [6, 6.07) is 40.6. The molecule has 268 valence electrons. The van der Waals surface area contributed by atoms with Crippen LogP contribution in [0.15, 0.2) is 121 Å². The van der Waals surface area contributed by atoms with E-state index in [0.717, 1.165) is 74.4 Å². The van der Waals surface area contributed by atoms with Crippen molar-refractivity contribution in [3.63, 3.8) is 0 Å². The van der Waals surface area contributed by atoms with E-state index in [4.69, 9.17) is 11.5 Å². The predicted molar refractivity (Wildman–Crippen MR) is 207 cm³/mol. The number of nitrogens with zero attached hydrogens (tertiary/aromatic N) is 2. The largest absolute Gasteiger partial charge is 0.369 e. The van der Waals surface area contributed by atoms with Crippen LogP contribution in [0.5, 0.6) is 0 Å². The molecule has 2 saturated heterocycles. The Labute approximate surface area is 305 Å². The summed E-state index contributed by atoms with van der Waals surface area (Å²) in [4.78, 5) is 31.8. The summed E-state index contributed by atoms with van der Waals surface area (Å²) >= 11 is 0. The number of carbonyl (C=O) groups excluding carboxylic acids is 2. The summed E-state index contributed by atoms with van der Waals surface area (Å²) in [7, 11) is 0. The lowest BCUT2D eigenvalue weighted by Gasteiger charge is -2.37. The second-order valence-corrected chi connectivity index (χ2v) is 14.9. The minimum absolute atomic E-state index is 0.148. The van der Waals surface area contributed by atoms with Crippen LogP contribution < -0.4 is 11.5 Å². The summed E-state index contributed by atoms with van der Waals surface area (Å²) < 4.78 is 0. The van der Waals surface area contributed by atoms with Crippen LogP contribution in [0.4, 0.5) is 0 Å². The Morgan fingerprint density at radius 2 is 0.745 bits per heavy atom. The van der Waals surface area contributed by atoms with Crippen molar-refractivity contribution in [1.29, 1.82) is 0 Å². The molecule has 2 aliphatic heterocycles. The van der Waals surface area contributed by atoms with Gasteiger partial charge in [-0.05, 0) is 86.0 Å². The number of hydrogen-bond acceptors (Lipinski definition) is 4. The van der Waals surface area contributed by atoms with Crippen LogP contribution in [-0.4, -0.2) is 60.9 Å². The number of nitrogens with two attached hydrogens (primary N) is 2. The zero-order valence-corrected chi connectivity index (χ0v) is 30.2. The zero-order valence-electron chi connectivity index (χ0n) is 30.2. The van der Waals surface area contributed by atoms with Gasteiger partial charge in [-0.1, -0.05) is 153 Å². The van der Waals surface area contributed by atoms with E-state index in [-0.39, 0.29) is 23.7 Å². The maximum Gasteiger partial charge on any atom is 0.232 e. The van der Waals surface area contributed by atoms with Gasteiger partial charge in [0.1, 0.15) is 10.8 Å². The van der Waals surface area contributed by atoms with Gasteiger partial charge in [0, 0.05) is 13.1 Å². The number of hydrogen-bond donors (Lipinski definition) is 2. The molecule has 0 radical (unpaired) electrons. The topological polar surface area (TPSA) is 92.7 Å². The van der Waals surface area contributed by atoms with Crippen molar-refractivity contribution in [3.05, 3.63) is 144 Å². The zero-order chi connectivity index (χ0) is 35.5. The molecule has 6 heteroatoms. The Morgan fingerprint density at radius 3 is 1.02 bits per heavy atom. The van der Waals surface area contributed by atoms with Gasteiger partial charge in [0.05, 0.1) is 0 Å². The van der Waals surface area contributed by atoms with Crippen molar-refractivity contribution in [3.8, 4) is 0 Å². The third kappa shape index (κ3) is 7.83. The summed E-state index contributed by atoms with van der Waals surface area (Å²) in [5.41, 5.74) is 14.9. The van der Waals surface area contributed by atoms with Gasteiger partial charge < -0.3 is 21.3 Å². The molecule has 0 saturated carbocycles. The van der Waals surface area contributed by atoms with E-state index in [1.165, 1.54) is 44.9 Å². The van der Waals surface area contributed by atoms with Crippen LogP contribution in [0.1, 0.15) is 80.0 Å². The molecule has 2 heterocycles. The number of amides is 2. The Bertz CT molecular complexity index is 1460. The highest BCUT2D eigenvalue weighted by molar-refractivity contribution is 5.92. The molecule has 4 N–H and O–H groups in total. The van der Waals surface area contributed by atoms with E-state index in [0.29, 0.717) is 0 Å². The van der Waals surface area contributed by atoms with E-state index in [1.54, 1.807) is 0 Å². The van der Waals surface area contributed by atoms with Crippen molar-refractivity contribution in [2.75, 3.05) is 39.3 Å². The second kappa shape index (κ2) is 17.3. The van der Waals surface area contributed by atoms with Crippen molar-refractivity contribution in [1.82, 2.24) is 9.80 Å². The van der Waals surface area contributed by atoms with E-state index in [2.05, 4.69) is 58.3 Å². The highest BCUT2D eigenvalue weighted by atomic mass is 16.2. The number of carbonyl (C=O) groups is 2. The predicted octanol–water partition coefficient (Wildman–Crippen LogP) is 7.30. The number of primary amides is 2. The molecular formula is C45H56N4O2. The fourth-order valence-electron chi connectivity index (χ4n) is 9.38. The van der Waals surface area contributed by atoms with Crippen molar-refractivity contribution < 1.29 is 9.59 Å². The monoisotopic (exact) mass is 684 g/mol. The van der Waals surface area contributed by atoms with Gasteiger partial charge in [-0.2, -0.15) is 0 Å². The smallest absolute Gasteiger partial charge is 0.232 e. The second-order valence-electron chi connectivity index (χ2n) is 14.9. The molecule has 6 nitrogen and oxygen atoms in total. The van der Waals surface area contributed by atoms with Gasteiger partial charge >= 0.3 is 0 Å².